The zero-order valence-electron chi connectivity index (χ0n) is 12.1. The van der Waals surface area contributed by atoms with Crippen molar-refractivity contribution in [1.82, 2.24) is 9.55 Å². The molecule has 122 valence electrons. The smallest absolute Gasteiger partial charge is 0.351 e. The van der Waals surface area contributed by atoms with Crippen LogP contribution in [0.3, 0.4) is 0 Å². The summed E-state index contributed by atoms with van der Waals surface area (Å²) < 4.78 is 11.4. The van der Waals surface area contributed by atoms with Gasteiger partial charge in [-0.15, -0.1) is 0 Å². The molecule has 1 fully saturated rings. The highest BCUT2D eigenvalue weighted by Gasteiger charge is 2.35. The molecule has 0 spiro atoms. The van der Waals surface area contributed by atoms with Gasteiger partial charge in [0.2, 0.25) is 0 Å². The molecule has 1 aliphatic rings. The van der Waals surface area contributed by atoms with Crippen molar-refractivity contribution in [1.29, 1.82) is 0 Å². The molecule has 4 N–H and O–H groups in total. The van der Waals surface area contributed by atoms with E-state index in [0.29, 0.717) is 5.56 Å². The second-order valence-corrected chi connectivity index (χ2v) is 4.94. The number of carbonyl (C=O) groups excluding carboxylic acids is 1. The SMILES string of the molecule is CCOC(=O)Cc1cn([C@H]2C[C@@H](O)[C@H](CO)O2)c(=O)nc1N. The fourth-order valence-corrected chi connectivity index (χ4v) is 2.28. The van der Waals surface area contributed by atoms with Crippen LogP contribution in [0.5, 0.6) is 0 Å². The van der Waals surface area contributed by atoms with Gasteiger partial charge in [-0.2, -0.15) is 4.98 Å². The summed E-state index contributed by atoms with van der Waals surface area (Å²) in [6.45, 7) is 1.57. The Morgan fingerprint density at radius 1 is 1.64 bits per heavy atom. The molecule has 0 bridgehead atoms. The fourth-order valence-electron chi connectivity index (χ4n) is 2.28. The van der Waals surface area contributed by atoms with Crippen molar-refractivity contribution >= 4 is 11.8 Å². The summed E-state index contributed by atoms with van der Waals surface area (Å²) in [5.41, 5.74) is 5.34. The van der Waals surface area contributed by atoms with E-state index < -0.39 is 30.1 Å². The van der Waals surface area contributed by atoms with E-state index in [9.17, 15) is 14.7 Å². The van der Waals surface area contributed by atoms with Gasteiger partial charge in [0, 0.05) is 18.2 Å². The number of carbonyl (C=O) groups is 1. The van der Waals surface area contributed by atoms with Gasteiger partial charge in [0.1, 0.15) is 18.1 Å². The normalized spacial score (nSPS) is 24.4. The monoisotopic (exact) mass is 313 g/mol. The maximum Gasteiger partial charge on any atom is 0.351 e. The highest BCUT2D eigenvalue weighted by atomic mass is 16.5. The molecule has 0 aliphatic carbocycles. The molecule has 1 saturated heterocycles. The van der Waals surface area contributed by atoms with Gasteiger partial charge in [0.15, 0.2) is 0 Å². The molecule has 1 aromatic rings. The second-order valence-electron chi connectivity index (χ2n) is 4.94. The van der Waals surface area contributed by atoms with Crippen LogP contribution < -0.4 is 11.4 Å². The molecule has 0 radical (unpaired) electrons. The van der Waals surface area contributed by atoms with Gasteiger partial charge in [-0.3, -0.25) is 9.36 Å². The lowest BCUT2D eigenvalue weighted by Crippen LogP contribution is -2.29. The number of ether oxygens (including phenoxy) is 2. The largest absolute Gasteiger partial charge is 0.466 e. The third-order valence-corrected chi connectivity index (χ3v) is 3.40. The highest BCUT2D eigenvalue weighted by molar-refractivity contribution is 5.74. The maximum absolute atomic E-state index is 11.9. The van der Waals surface area contributed by atoms with Gasteiger partial charge in [-0.25, -0.2) is 4.79 Å². The molecule has 0 aromatic carbocycles. The van der Waals surface area contributed by atoms with Gasteiger partial charge in [0.25, 0.3) is 0 Å². The number of anilines is 1. The van der Waals surface area contributed by atoms with Crippen molar-refractivity contribution in [3.05, 3.63) is 22.2 Å². The lowest BCUT2D eigenvalue weighted by Gasteiger charge is -2.16. The van der Waals surface area contributed by atoms with E-state index in [1.165, 1.54) is 6.20 Å². The molecule has 0 saturated carbocycles. The van der Waals surface area contributed by atoms with Crippen LogP contribution in [0.2, 0.25) is 0 Å². The van der Waals surface area contributed by atoms with Gasteiger partial charge < -0.3 is 25.4 Å². The third-order valence-electron chi connectivity index (χ3n) is 3.40. The first kappa shape index (κ1) is 16.4. The number of aliphatic hydroxyl groups is 2. The van der Waals surface area contributed by atoms with Crippen molar-refractivity contribution in [2.75, 3.05) is 18.9 Å². The average Bonchev–Trinajstić information content (AvgIpc) is 2.83. The van der Waals surface area contributed by atoms with E-state index in [0.717, 1.165) is 4.57 Å². The van der Waals surface area contributed by atoms with E-state index in [1.54, 1.807) is 6.92 Å². The van der Waals surface area contributed by atoms with Gasteiger partial charge >= 0.3 is 11.7 Å². The van der Waals surface area contributed by atoms with Crippen LogP contribution in [-0.4, -0.2) is 51.2 Å². The molecule has 2 rings (SSSR count). The number of nitrogens with zero attached hydrogens (tertiary/aromatic N) is 2. The number of aliphatic hydroxyl groups excluding tert-OH is 2. The van der Waals surface area contributed by atoms with E-state index >= 15 is 0 Å². The molecule has 0 unspecified atom stereocenters. The van der Waals surface area contributed by atoms with Crippen LogP contribution >= 0.6 is 0 Å². The molecule has 2 heterocycles. The van der Waals surface area contributed by atoms with Crippen molar-refractivity contribution in [3.8, 4) is 0 Å². The zero-order valence-corrected chi connectivity index (χ0v) is 12.1. The Hall–Kier alpha value is -1.97. The predicted molar refractivity (Wildman–Crippen MR) is 74.9 cm³/mol. The summed E-state index contributed by atoms with van der Waals surface area (Å²) >= 11 is 0. The summed E-state index contributed by atoms with van der Waals surface area (Å²) in [6.07, 6.45) is -1.02. The lowest BCUT2D eigenvalue weighted by molar-refractivity contribution is -0.142. The van der Waals surface area contributed by atoms with Crippen LogP contribution in [0.4, 0.5) is 5.82 Å². The average molecular weight is 313 g/mol. The quantitative estimate of drug-likeness (QED) is 0.563. The lowest BCUT2D eigenvalue weighted by atomic mass is 10.2. The van der Waals surface area contributed by atoms with E-state index in [1.807, 2.05) is 0 Å². The van der Waals surface area contributed by atoms with Crippen molar-refractivity contribution in [3.63, 3.8) is 0 Å². The Morgan fingerprint density at radius 3 is 2.95 bits per heavy atom. The van der Waals surface area contributed by atoms with Gasteiger partial charge in [0.05, 0.1) is 25.7 Å². The predicted octanol–water partition coefficient (Wildman–Crippen LogP) is -1.43. The summed E-state index contributed by atoms with van der Waals surface area (Å²) in [4.78, 5) is 27.1. The van der Waals surface area contributed by atoms with Crippen LogP contribution in [0, 0.1) is 0 Å². The summed E-state index contributed by atoms with van der Waals surface area (Å²) in [6, 6.07) is 0. The first-order valence-electron chi connectivity index (χ1n) is 6.93. The molecular formula is C13H19N3O6. The number of nitrogens with two attached hydrogens (primary N) is 1. The van der Waals surface area contributed by atoms with Crippen LogP contribution in [-0.2, 0) is 20.7 Å². The van der Waals surface area contributed by atoms with Crippen molar-refractivity contribution in [2.24, 2.45) is 0 Å². The van der Waals surface area contributed by atoms with Crippen LogP contribution in [0.15, 0.2) is 11.0 Å². The first-order valence-corrected chi connectivity index (χ1v) is 6.93. The second kappa shape index (κ2) is 6.86. The summed E-state index contributed by atoms with van der Waals surface area (Å²) in [5, 5.41) is 18.8. The van der Waals surface area contributed by atoms with Crippen LogP contribution in [0.25, 0.3) is 0 Å². The third kappa shape index (κ3) is 3.43. The molecule has 9 heteroatoms. The van der Waals surface area contributed by atoms with E-state index in [-0.39, 0.29) is 31.9 Å². The number of rotatable bonds is 5. The Labute approximate surface area is 126 Å². The minimum atomic E-state index is -0.882. The fraction of sp³-hybridized carbons (Fsp3) is 0.615. The number of esters is 1. The standard InChI is InChI=1S/C13H19N3O6/c1-2-21-11(19)3-7-5-16(13(20)15-12(7)14)10-4-8(18)9(6-17)22-10/h5,8-10,17-18H,2-4,6H2,1H3,(H2,14,15,20)/t8-,9+,10-/m1/s1. The van der Waals surface area contributed by atoms with Gasteiger partial charge in [-0.05, 0) is 6.92 Å². The van der Waals surface area contributed by atoms with E-state index in [4.69, 9.17) is 20.3 Å². The molecule has 1 aliphatic heterocycles. The minimum Gasteiger partial charge on any atom is -0.466 e. The minimum absolute atomic E-state index is 0.0495. The Bertz CT molecular complexity index is 602. The van der Waals surface area contributed by atoms with Crippen molar-refractivity contribution < 1.29 is 24.5 Å². The molecule has 1 aromatic heterocycles. The molecule has 3 atom stereocenters. The Morgan fingerprint density at radius 2 is 2.36 bits per heavy atom. The molecular weight excluding hydrogens is 294 g/mol. The summed E-state index contributed by atoms with van der Waals surface area (Å²) in [7, 11) is 0. The highest BCUT2D eigenvalue weighted by Crippen LogP contribution is 2.27. The summed E-state index contributed by atoms with van der Waals surface area (Å²) in [5.74, 6) is -0.534. The van der Waals surface area contributed by atoms with Crippen LogP contribution in [0.1, 0.15) is 25.1 Å². The van der Waals surface area contributed by atoms with Gasteiger partial charge in [-0.1, -0.05) is 0 Å². The Balaban J connectivity index is 2.25. The number of aromatic nitrogens is 2. The topological polar surface area (TPSA) is 137 Å². The van der Waals surface area contributed by atoms with Crippen molar-refractivity contribution in [2.45, 2.75) is 38.2 Å². The molecule has 9 nitrogen and oxygen atoms in total. The number of nitrogen functional groups attached to an aromatic ring is 1. The molecule has 22 heavy (non-hydrogen) atoms. The zero-order chi connectivity index (χ0) is 16.3. The molecule has 0 amide bonds. The number of hydrogen-bond acceptors (Lipinski definition) is 8. The maximum atomic E-state index is 11.9. The van der Waals surface area contributed by atoms with E-state index in [2.05, 4.69) is 4.98 Å². The first-order chi connectivity index (χ1) is 10.5. The number of hydrogen-bond donors (Lipinski definition) is 3. The Kier molecular flexibility index (Phi) is 5.11.